The first kappa shape index (κ1) is 13.6. The Morgan fingerprint density at radius 2 is 2.16 bits per heavy atom. The van der Waals surface area contributed by atoms with Crippen LogP contribution in [0.15, 0.2) is 40.5 Å². The number of rotatable bonds is 4. The second kappa shape index (κ2) is 6.38. The molecule has 0 atom stereocenters. The molecule has 1 heterocycles. The largest absolute Gasteiger partial charge is 0.488 e. The second-order valence-corrected chi connectivity index (χ2v) is 5.00. The summed E-state index contributed by atoms with van der Waals surface area (Å²) in [6, 6.07) is 9.54. The van der Waals surface area contributed by atoms with Crippen LogP contribution in [0.4, 0.5) is 0 Å². The summed E-state index contributed by atoms with van der Waals surface area (Å²) in [5, 5.41) is 8.76. The van der Waals surface area contributed by atoms with E-state index >= 15 is 0 Å². The Labute approximate surface area is 116 Å². The van der Waals surface area contributed by atoms with E-state index in [-0.39, 0.29) is 5.91 Å². The summed E-state index contributed by atoms with van der Waals surface area (Å²) in [7, 11) is 1.70. The minimum atomic E-state index is 0.0529. The number of hydrogen-bond acceptors (Lipinski definition) is 5. The molecule has 0 N–H and O–H groups in total. The molecule has 19 heavy (non-hydrogen) atoms. The first-order valence-electron chi connectivity index (χ1n) is 5.85. The zero-order valence-corrected chi connectivity index (χ0v) is 11.7. The van der Waals surface area contributed by atoms with Gasteiger partial charge in [0.05, 0.1) is 11.5 Å². The van der Waals surface area contributed by atoms with Crippen LogP contribution in [0.3, 0.4) is 0 Å². The number of amidine groups is 1. The van der Waals surface area contributed by atoms with Crippen molar-refractivity contribution in [2.24, 2.45) is 10.2 Å². The molecule has 1 aliphatic rings. The Hall–Kier alpha value is -1.82. The van der Waals surface area contributed by atoms with Gasteiger partial charge in [0.15, 0.2) is 5.17 Å². The lowest BCUT2D eigenvalue weighted by Crippen LogP contribution is -2.24. The van der Waals surface area contributed by atoms with Gasteiger partial charge in [0.2, 0.25) is 5.91 Å². The van der Waals surface area contributed by atoms with Crippen LogP contribution in [0.1, 0.15) is 6.92 Å². The fourth-order valence-corrected chi connectivity index (χ4v) is 2.22. The molecule has 1 amide bonds. The van der Waals surface area contributed by atoms with Gasteiger partial charge in [0, 0.05) is 7.05 Å². The molecule has 0 unspecified atom stereocenters. The molecule has 1 aromatic carbocycles. The summed E-state index contributed by atoms with van der Waals surface area (Å²) >= 11 is 1.39. The Kier molecular flexibility index (Phi) is 4.57. The van der Waals surface area contributed by atoms with Crippen LogP contribution in [0.25, 0.3) is 0 Å². The average Bonchev–Trinajstić information content (AvgIpc) is 2.75. The van der Waals surface area contributed by atoms with Gasteiger partial charge < -0.3 is 4.74 Å². The smallest absolute Gasteiger partial charge is 0.238 e. The molecule has 1 saturated heterocycles. The van der Waals surface area contributed by atoms with Crippen molar-refractivity contribution in [2.75, 3.05) is 19.4 Å². The Morgan fingerprint density at radius 3 is 2.79 bits per heavy atom. The summed E-state index contributed by atoms with van der Waals surface area (Å²) in [5.74, 6) is 1.29. The predicted molar refractivity (Wildman–Crippen MR) is 77.7 cm³/mol. The van der Waals surface area contributed by atoms with Gasteiger partial charge in [0.25, 0.3) is 0 Å². The summed E-state index contributed by atoms with van der Waals surface area (Å²) in [5.41, 5.74) is 0.754. The molecule has 0 bridgehead atoms. The number of nitrogens with zero attached hydrogens (tertiary/aromatic N) is 3. The van der Waals surface area contributed by atoms with Crippen LogP contribution in [0.2, 0.25) is 0 Å². The quantitative estimate of drug-likeness (QED) is 0.625. The van der Waals surface area contributed by atoms with Crippen LogP contribution in [0, 0.1) is 0 Å². The number of amides is 1. The minimum Gasteiger partial charge on any atom is -0.488 e. The van der Waals surface area contributed by atoms with E-state index in [9.17, 15) is 4.79 Å². The SMILES string of the molecule is C/C(COc1ccccc1)=N\N=C1\SCC(=O)N1C. The van der Waals surface area contributed by atoms with E-state index in [1.807, 2.05) is 37.3 Å². The van der Waals surface area contributed by atoms with Crippen molar-refractivity contribution in [2.45, 2.75) is 6.92 Å². The van der Waals surface area contributed by atoms with E-state index in [2.05, 4.69) is 10.2 Å². The zero-order valence-electron chi connectivity index (χ0n) is 10.9. The Morgan fingerprint density at radius 1 is 1.42 bits per heavy atom. The van der Waals surface area contributed by atoms with E-state index in [1.165, 1.54) is 16.7 Å². The van der Waals surface area contributed by atoms with Crippen molar-refractivity contribution in [3.05, 3.63) is 30.3 Å². The van der Waals surface area contributed by atoms with Gasteiger partial charge in [-0.25, -0.2) is 0 Å². The molecule has 100 valence electrons. The van der Waals surface area contributed by atoms with E-state index in [0.29, 0.717) is 17.5 Å². The van der Waals surface area contributed by atoms with Gasteiger partial charge in [0.1, 0.15) is 12.4 Å². The summed E-state index contributed by atoms with van der Waals surface area (Å²) in [6.45, 7) is 2.22. The summed E-state index contributed by atoms with van der Waals surface area (Å²) in [6.07, 6.45) is 0. The average molecular weight is 277 g/mol. The molecule has 1 aromatic rings. The van der Waals surface area contributed by atoms with Gasteiger partial charge in [-0.05, 0) is 19.1 Å². The van der Waals surface area contributed by atoms with Crippen molar-refractivity contribution in [1.29, 1.82) is 0 Å². The molecule has 6 heteroatoms. The lowest BCUT2D eigenvalue weighted by molar-refractivity contribution is -0.123. The molecule has 5 nitrogen and oxygen atoms in total. The number of benzene rings is 1. The standard InChI is InChI=1S/C13H15N3O2S/c1-10(8-18-11-6-4-3-5-7-11)14-15-13-16(2)12(17)9-19-13/h3-7H,8-9H2,1-2H3/b14-10+,15-13+. The van der Waals surface area contributed by atoms with E-state index in [0.717, 1.165) is 11.5 Å². The summed E-state index contributed by atoms with van der Waals surface area (Å²) < 4.78 is 5.54. The monoisotopic (exact) mass is 277 g/mol. The van der Waals surface area contributed by atoms with Crippen molar-refractivity contribution >= 4 is 28.5 Å². The molecular weight excluding hydrogens is 262 g/mol. The van der Waals surface area contributed by atoms with Crippen LogP contribution >= 0.6 is 11.8 Å². The topological polar surface area (TPSA) is 54.3 Å². The fraction of sp³-hybridized carbons (Fsp3) is 0.308. The number of para-hydroxylation sites is 1. The van der Waals surface area contributed by atoms with Gasteiger partial charge in [-0.2, -0.15) is 5.10 Å². The van der Waals surface area contributed by atoms with Crippen LogP contribution in [0.5, 0.6) is 5.75 Å². The molecule has 2 rings (SSSR count). The maximum atomic E-state index is 11.3. The second-order valence-electron chi connectivity index (χ2n) is 4.06. The van der Waals surface area contributed by atoms with Crippen molar-refractivity contribution in [3.63, 3.8) is 0 Å². The van der Waals surface area contributed by atoms with Crippen LogP contribution in [-0.2, 0) is 4.79 Å². The van der Waals surface area contributed by atoms with E-state index in [1.54, 1.807) is 7.05 Å². The molecular formula is C13H15N3O2S. The third-order valence-electron chi connectivity index (χ3n) is 2.48. The third-order valence-corrected chi connectivity index (χ3v) is 3.49. The lowest BCUT2D eigenvalue weighted by atomic mass is 10.3. The number of carbonyl (C=O) groups excluding carboxylic acids is 1. The maximum Gasteiger partial charge on any atom is 0.238 e. The number of ether oxygens (including phenoxy) is 1. The Balaban J connectivity index is 1.90. The van der Waals surface area contributed by atoms with Gasteiger partial charge in [-0.15, -0.1) is 5.10 Å². The van der Waals surface area contributed by atoms with Crippen molar-refractivity contribution in [3.8, 4) is 5.75 Å². The highest BCUT2D eigenvalue weighted by Crippen LogP contribution is 2.17. The van der Waals surface area contributed by atoms with E-state index < -0.39 is 0 Å². The summed E-state index contributed by atoms with van der Waals surface area (Å²) in [4.78, 5) is 12.8. The van der Waals surface area contributed by atoms with Crippen molar-refractivity contribution < 1.29 is 9.53 Å². The van der Waals surface area contributed by atoms with Crippen LogP contribution in [-0.4, -0.2) is 41.1 Å². The predicted octanol–water partition coefficient (Wildman–Crippen LogP) is 2.00. The number of thioether (sulfide) groups is 1. The molecule has 0 aromatic heterocycles. The minimum absolute atomic E-state index is 0.0529. The number of carbonyl (C=O) groups is 1. The zero-order chi connectivity index (χ0) is 13.7. The molecule has 0 radical (unpaired) electrons. The first-order valence-corrected chi connectivity index (χ1v) is 6.83. The van der Waals surface area contributed by atoms with Crippen LogP contribution < -0.4 is 4.74 Å². The molecule has 0 aliphatic carbocycles. The van der Waals surface area contributed by atoms with E-state index in [4.69, 9.17) is 4.74 Å². The maximum absolute atomic E-state index is 11.3. The Bertz CT molecular complexity index is 514. The van der Waals surface area contributed by atoms with Crippen molar-refractivity contribution in [1.82, 2.24) is 4.90 Å². The third kappa shape index (κ3) is 3.82. The molecule has 0 spiro atoms. The van der Waals surface area contributed by atoms with Gasteiger partial charge in [-0.3, -0.25) is 9.69 Å². The molecule has 0 saturated carbocycles. The normalized spacial score (nSPS) is 18.2. The first-order chi connectivity index (χ1) is 9.16. The lowest BCUT2D eigenvalue weighted by Gasteiger charge is -2.06. The molecule has 1 aliphatic heterocycles. The van der Waals surface area contributed by atoms with Gasteiger partial charge >= 0.3 is 0 Å². The van der Waals surface area contributed by atoms with Gasteiger partial charge in [-0.1, -0.05) is 30.0 Å². The highest BCUT2D eigenvalue weighted by atomic mass is 32.2. The highest BCUT2D eigenvalue weighted by molar-refractivity contribution is 8.15. The highest BCUT2D eigenvalue weighted by Gasteiger charge is 2.24. The molecule has 1 fully saturated rings. The number of hydrogen-bond donors (Lipinski definition) is 0. The fourth-order valence-electron chi connectivity index (χ4n) is 1.38.